The maximum absolute atomic E-state index is 12.1. The quantitative estimate of drug-likeness (QED) is 0.923. The lowest BCUT2D eigenvalue weighted by atomic mass is 10.2. The Morgan fingerprint density at radius 2 is 2.10 bits per heavy atom. The van der Waals surface area contributed by atoms with Crippen LogP contribution in [0.2, 0.25) is 0 Å². The van der Waals surface area contributed by atoms with Crippen LogP contribution in [0.25, 0.3) is 0 Å². The molecule has 2 rings (SSSR count). The molecule has 0 atom stereocenters. The molecule has 0 saturated heterocycles. The number of hydrogen-bond donors (Lipinski definition) is 1. The summed E-state index contributed by atoms with van der Waals surface area (Å²) in [5.41, 5.74) is 1.61. The first kappa shape index (κ1) is 13.6. The van der Waals surface area contributed by atoms with Crippen molar-refractivity contribution in [3.8, 4) is 11.8 Å². The van der Waals surface area contributed by atoms with Crippen molar-refractivity contribution >= 4 is 11.6 Å². The minimum Gasteiger partial charge on any atom is -0.477 e. The Hall–Kier alpha value is -2.87. The Bertz CT molecular complexity index is 662. The number of pyridine rings is 1. The number of benzene rings is 1. The largest absolute Gasteiger partial charge is 0.477 e. The van der Waals surface area contributed by atoms with Crippen LogP contribution in [0.3, 0.4) is 0 Å². The number of nitriles is 1. The summed E-state index contributed by atoms with van der Waals surface area (Å²) in [5, 5.41) is 11.3. The second-order valence-corrected chi connectivity index (χ2v) is 4.06. The summed E-state index contributed by atoms with van der Waals surface area (Å²) >= 11 is 0. The van der Waals surface area contributed by atoms with Crippen LogP contribution in [0, 0.1) is 18.3 Å². The molecule has 1 N–H and O–H groups in total. The van der Waals surface area contributed by atoms with E-state index in [2.05, 4.69) is 10.3 Å². The number of carbonyl (C=O) groups excluding carboxylic acids is 1. The lowest BCUT2D eigenvalue weighted by molar-refractivity contribution is 0.102. The van der Waals surface area contributed by atoms with Crippen molar-refractivity contribution in [1.82, 2.24) is 4.98 Å². The molecule has 1 amide bonds. The van der Waals surface area contributed by atoms with Crippen molar-refractivity contribution in [3.63, 3.8) is 0 Å². The van der Waals surface area contributed by atoms with Gasteiger partial charge in [-0.2, -0.15) is 5.26 Å². The van der Waals surface area contributed by atoms with Gasteiger partial charge in [0.15, 0.2) is 6.61 Å². The molecule has 0 fully saturated rings. The van der Waals surface area contributed by atoms with Crippen LogP contribution in [0.1, 0.15) is 16.2 Å². The highest BCUT2D eigenvalue weighted by Crippen LogP contribution is 2.24. The monoisotopic (exact) mass is 267 g/mol. The number of aryl methyl sites for hydroxylation is 1. The van der Waals surface area contributed by atoms with E-state index >= 15 is 0 Å². The van der Waals surface area contributed by atoms with E-state index in [0.717, 1.165) is 5.69 Å². The van der Waals surface area contributed by atoms with Crippen LogP contribution in [-0.2, 0) is 0 Å². The third-order valence-electron chi connectivity index (χ3n) is 2.55. The maximum Gasteiger partial charge on any atom is 0.274 e. The molecule has 0 radical (unpaired) electrons. The Kier molecular flexibility index (Phi) is 4.30. The van der Waals surface area contributed by atoms with Crippen molar-refractivity contribution in [2.24, 2.45) is 0 Å². The van der Waals surface area contributed by atoms with E-state index in [9.17, 15) is 4.79 Å². The summed E-state index contributed by atoms with van der Waals surface area (Å²) in [5.74, 6) is 0.136. The highest BCUT2D eigenvalue weighted by molar-refractivity contribution is 6.03. The summed E-state index contributed by atoms with van der Waals surface area (Å²) in [6.45, 7) is 1.75. The predicted molar refractivity (Wildman–Crippen MR) is 74.5 cm³/mol. The fourth-order valence-corrected chi connectivity index (χ4v) is 1.66. The summed E-state index contributed by atoms with van der Waals surface area (Å²) in [4.78, 5) is 16.3. The molecular formula is C15H13N3O2. The summed E-state index contributed by atoms with van der Waals surface area (Å²) in [6, 6.07) is 14.1. The van der Waals surface area contributed by atoms with Gasteiger partial charge in [-0.3, -0.25) is 4.79 Å². The van der Waals surface area contributed by atoms with Gasteiger partial charge in [-0.05, 0) is 31.2 Å². The number of ether oxygens (including phenoxy) is 1. The lowest BCUT2D eigenvalue weighted by Gasteiger charge is -2.10. The number of carbonyl (C=O) groups is 1. The number of aromatic nitrogens is 1. The first-order chi connectivity index (χ1) is 9.70. The molecule has 1 heterocycles. The molecule has 5 nitrogen and oxygen atoms in total. The van der Waals surface area contributed by atoms with E-state index in [-0.39, 0.29) is 12.5 Å². The molecule has 5 heteroatoms. The maximum atomic E-state index is 12.1. The second-order valence-electron chi connectivity index (χ2n) is 4.06. The SMILES string of the molecule is Cc1cccc(C(=O)Nc2ccccc2OCC#N)n1. The highest BCUT2D eigenvalue weighted by atomic mass is 16.5. The molecule has 0 spiro atoms. The van der Waals surface area contributed by atoms with E-state index in [4.69, 9.17) is 10.00 Å². The Labute approximate surface area is 116 Å². The Morgan fingerprint density at radius 1 is 1.30 bits per heavy atom. The summed E-state index contributed by atoms with van der Waals surface area (Å²) in [6.07, 6.45) is 0. The van der Waals surface area contributed by atoms with Crippen LogP contribution in [0.15, 0.2) is 42.5 Å². The standard InChI is InChI=1S/C15H13N3O2/c1-11-5-4-7-13(17-11)15(19)18-12-6-2-3-8-14(12)20-10-9-16/h2-8H,10H2,1H3,(H,18,19). The van der Waals surface area contributed by atoms with Gasteiger partial charge in [0.2, 0.25) is 0 Å². The van der Waals surface area contributed by atoms with Gasteiger partial charge < -0.3 is 10.1 Å². The molecule has 20 heavy (non-hydrogen) atoms. The number of para-hydroxylation sites is 2. The number of amides is 1. The van der Waals surface area contributed by atoms with Gasteiger partial charge in [-0.15, -0.1) is 0 Å². The molecule has 100 valence electrons. The van der Waals surface area contributed by atoms with E-state index in [1.807, 2.05) is 19.1 Å². The molecular weight excluding hydrogens is 254 g/mol. The topological polar surface area (TPSA) is 75.0 Å². The highest BCUT2D eigenvalue weighted by Gasteiger charge is 2.10. The van der Waals surface area contributed by atoms with Gasteiger partial charge in [0, 0.05) is 5.69 Å². The molecule has 0 aliphatic heterocycles. The van der Waals surface area contributed by atoms with Gasteiger partial charge in [0.05, 0.1) is 5.69 Å². The van der Waals surface area contributed by atoms with Crippen LogP contribution < -0.4 is 10.1 Å². The average molecular weight is 267 g/mol. The molecule has 0 unspecified atom stereocenters. The summed E-state index contributed by atoms with van der Waals surface area (Å²) in [7, 11) is 0. The van der Waals surface area contributed by atoms with Crippen LogP contribution >= 0.6 is 0 Å². The summed E-state index contributed by atoms with van der Waals surface area (Å²) < 4.78 is 5.25. The third-order valence-corrected chi connectivity index (χ3v) is 2.55. The zero-order valence-electron chi connectivity index (χ0n) is 11.0. The molecule has 1 aromatic carbocycles. The minimum atomic E-state index is -0.318. The first-order valence-corrected chi connectivity index (χ1v) is 6.04. The number of anilines is 1. The molecule has 1 aromatic heterocycles. The fourth-order valence-electron chi connectivity index (χ4n) is 1.66. The van der Waals surface area contributed by atoms with Gasteiger partial charge in [0.25, 0.3) is 5.91 Å². The van der Waals surface area contributed by atoms with E-state index in [0.29, 0.717) is 17.1 Å². The number of nitrogens with zero attached hydrogens (tertiary/aromatic N) is 2. The fraction of sp³-hybridized carbons (Fsp3) is 0.133. The van der Waals surface area contributed by atoms with Crippen LogP contribution in [0.4, 0.5) is 5.69 Å². The molecule has 0 aliphatic carbocycles. The van der Waals surface area contributed by atoms with Crippen molar-refractivity contribution < 1.29 is 9.53 Å². The Morgan fingerprint density at radius 3 is 2.85 bits per heavy atom. The second kappa shape index (κ2) is 6.34. The first-order valence-electron chi connectivity index (χ1n) is 6.04. The predicted octanol–water partition coefficient (Wildman–Crippen LogP) is 2.54. The smallest absolute Gasteiger partial charge is 0.274 e. The number of hydrogen-bond acceptors (Lipinski definition) is 4. The van der Waals surface area contributed by atoms with Gasteiger partial charge in [0.1, 0.15) is 17.5 Å². The van der Waals surface area contributed by atoms with Crippen molar-refractivity contribution in [2.75, 3.05) is 11.9 Å². The van der Waals surface area contributed by atoms with E-state index < -0.39 is 0 Å². The zero-order chi connectivity index (χ0) is 14.4. The molecule has 2 aromatic rings. The van der Waals surface area contributed by atoms with Crippen molar-refractivity contribution in [3.05, 3.63) is 53.9 Å². The number of nitrogens with one attached hydrogen (secondary N) is 1. The van der Waals surface area contributed by atoms with Gasteiger partial charge >= 0.3 is 0 Å². The van der Waals surface area contributed by atoms with E-state index in [1.165, 1.54) is 0 Å². The molecule has 0 aliphatic rings. The Balaban J connectivity index is 2.18. The molecule has 0 bridgehead atoms. The van der Waals surface area contributed by atoms with Gasteiger partial charge in [-0.25, -0.2) is 4.98 Å². The third kappa shape index (κ3) is 3.33. The van der Waals surface area contributed by atoms with E-state index in [1.54, 1.807) is 36.4 Å². The minimum absolute atomic E-state index is 0.0738. The lowest BCUT2D eigenvalue weighted by Crippen LogP contribution is -2.14. The average Bonchev–Trinajstić information content (AvgIpc) is 2.46. The normalized spacial score (nSPS) is 9.60. The van der Waals surface area contributed by atoms with Crippen LogP contribution in [0.5, 0.6) is 5.75 Å². The zero-order valence-corrected chi connectivity index (χ0v) is 11.0. The molecule has 0 saturated carbocycles. The van der Waals surface area contributed by atoms with Gasteiger partial charge in [-0.1, -0.05) is 18.2 Å². The van der Waals surface area contributed by atoms with Crippen molar-refractivity contribution in [1.29, 1.82) is 5.26 Å². The van der Waals surface area contributed by atoms with Crippen molar-refractivity contribution in [2.45, 2.75) is 6.92 Å². The van der Waals surface area contributed by atoms with Crippen LogP contribution in [-0.4, -0.2) is 17.5 Å². The number of rotatable bonds is 4.